The lowest BCUT2D eigenvalue weighted by molar-refractivity contribution is 0.0779. The van der Waals surface area contributed by atoms with E-state index >= 15 is 0 Å². The summed E-state index contributed by atoms with van der Waals surface area (Å²) in [7, 11) is 0. The van der Waals surface area contributed by atoms with Crippen LogP contribution in [0, 0.1) is 0 Å². The summed E-state index contributed by atoms with van der Waals surface area (Å²) in [5.41, 5.74) is 0. The van der Waals surface area contributed by atoms with Crippen LogP contribution < -0.4 is 5.32 Å². The third-order valence-electron chi connectivity index (χ3n) is 2.24. The molecular weight excluding hydrogens is 154 g/mol. The molecule has 1 rings (SSSR count). The molecule has 1 heterocycles. The highest BCUT2D eigenvalue weighted by molar-refractivity contribution is 4.69. The molecule has 1 aliphatic heterocycles. The summed E-state index contributed by atoms with van der Waals surface area (Å²) in [5.74, 6) is 0. The maximum absolute atomic E-state index is 8.56. The van der Waals surface area contributed by atoms with Gasteiger partial charge in [-0.1, -0.05) is 0 Å². The second-order valence-electron chi connectivity index (χ2n) is 3.27. The molecule has 2 N–H and O–H groups in total. The topological polar surface area (TPSA) is 41.5 Å². The molecule has 1 aliphatic rings. The Kier molecular flexibility index (Phi) is 5.32. The lowest BCUT2D eigenvalue weighted by atomic mass is 10.1. The summed E-state index contributed by atoms with van der Waals surface area (Å²) >= 11 is 0. The molecule has 1 saturated heterocycles. The van der Waals surface area contributed by atoms with E-state index in [1.165, 1.54) is 0 Å². The first kappa shape index (κ1) is 9.96. The summed E-state index contributed by atoms with van der Waals surface area (Å²) in [6.07, 6.45) is 4.27. The number of unbranched alkanes of at least 4 members (excludes halogenated alkanes) is 1. The van der Waals surface area contributed by atoms with Crippen molar-refractivity contribution in [3.63, 3.8) is 0 Å². The highest BCUT2D eigenvalue weighted by Crippen LogP contribution is 2.05. The summed E-state index contributed by atoms with van der Waals surface area (Å²) in [5, 5.41) is 12.0. The zero-order valence-electron chi connectivity index (χ0n) is 7.59. The van der Waals surface area contributed by atoms with Gasteiger partial charge in [-0.05, 0) is 32.2 Å². The molecule has 0 amide bonds. The smallest absolute Gasteiger partial charge is 0.0480 e. The first-order valence-corrected chi connectivity index (χ1v) is 4.85. The standard InChI is InChI=1S/C9H19NO2/c11-6-2-1-5-10-9-3-7-12-8-4-9/h9-11H,1-8H2. The predicted molar refractivity (Wildman–Crippen MR) is 48.2 cm³/mol. The van der Waals surface area contributed by atoms with Crippen molar-refractivity contribution in [2.75, 3.05) is 26.4 Å². The Bertz CT molecular complexity index is 103. The normalized spacial score (nSPS) is 19.8. The van der Waals surface area contributed by atoms with E-state index < -0.39 is 0 Å². The van der Waals surface area contributed by atoms with Crippen LogP contribution in [0.5, 0.6) is 0 Å². The van der Waals surface area contributed by atoms with Crippen LogP contribution in [0.25, 0.3) is 0 Å². The second kappa shape index (κ2) is 6.40. The summed E-state index contributed by atoms with van der Waals surface area (Å²) < 4.78 is 5.25. The minimum Gasteiger partial charge on any atom is -0.396 e. The lowest BCUT2D eigenvalue weighted by Gasteiger charge is -2.23. The third kappa shape index (κ3) is 4.04. The molecule has 0 aromatic rings. The second-order valence-corrected chi connectivity index (χ2v) is 3.27. The van der Waals surface area contributed by atoms with Crippen LogP contribution in [0.4, 0.5) is 0 Å². The fourth-order valence-corrected chi connectivity index (χ4v) is 1.44. The highest BCUT2D eigenvalue weighted by Gasteiger charge is 2.11. The Hall–Kier alpha value is -0.120. The number of ether oxygens (including phenoxy) is 1. The molecule has 0 aromatic heterocycles. The van der Waals surface area contributed by atoms with E-state index in [4.69, 9.17) is 9.84 Å². The average molecular weight is 173 g/mol. The number of aliphatic hydroxyl groups excluding tert-OH is 1. The van der Waals surface area contributed by atoms with Gasteiger partial charge in [0.15, 0.2) is 0 Å². The Balaban J connectivity index is 1.91. The van der Waals surface area contributed by atoms with E-state index in [2.05, 4.69) is 5.32 Å². The molecule has 0 unspecified atom stereocenters. The Morgan fingerprint density at radius 2 is 2.00 bits per heavy atom. The molecule has 0 radical (unpaired) electrons. The number of hydrogen-bond donors (Lipinski definition) is 2. The van der Waals surface area contributed by atoms with Gasteiger partial charge in [0.1, 0.15) is 0 Å². The minimum absolute atomic E-state index is 0.315. The van der Waals surface area contributed by atoms with Crippen molar-refractivity contribution in [1.29, 1.82) is 0 Å². The largest absolute Gasteiger partial charge is 0.396 e. The van der Waals surface area contributed by atoms with E-state index in [1.54, 1.807) is 0 Å². The van der Waals surface area contributed by atoms with Crippen molar-refractivity contribution >= 4 is 0 Å². The van der Waals surface area contributed by atoms with Gasteiger partial charge in [0.05, 0.1) is 0 Å². The molecule has 3 nitrogen and oxygen atoms in total. The van der Waals surface area contributed by atoms with Crippen LogP contribution in [0.2, 0.25) is 0 Å². The maximum atomic E-state index is 8.56. The zero-order chi connectivity index (χ0) is 8.65. The van der Waals surface area contributed by atoms with Crippen LogP contribution in [0.15, 0.2) is 0 Å². The zero-order valence-corrected chi connectivity index (χ0v) is 7.59. The molecule has 0 bridgehead atoms. The molecule has 0 spiro atoms. The molecule has 72 valence electrons. The molecule has 0 aromatic carbocycles. The quantitative estimate of drug-likeness (QED) is 0.596. The van der Waals surface area contributed by atoms with Crippen molar-refractivity contribution in [3.8, 4) is 0 Å². The first-order chi connectivity index (χ1) is 5.93. The van der Waals surface area contributed by atoms with Gasteiger partial charge >= 0.3 is 0 Å². The minimum atomic E-state index is 0.315. The molecule has 1 fully saturated rings. The number of rotatable bonds is 5. The number of nitrogens with one attached hydrogen (secondary N) is 1. The summed E-state index contributed by atoms with van der Waals surface area (Å²) in [4.78, 5) is 0. The van der Waals surface area contributed by atoms with Crippen LogP contribution in [0.3, 0.4) is 0 Å². The Morgan fingerprint density at radius 3 is 2.67 bits per heavy atom. The van der Waals surface area contributed by atoms with Gasteiger partial charge in [0, 0.05) is 25.9 Å². The van der Waals surface area contributed by atoms with Crippen molar-refractivity contribution in [1.82, 2.24) is 5.32 Å². The van der Waals surface area contributed by atoms with Crippen molar-refractivity contribution in [2.24, 2.45) is 0 Å². The van der Waals surface area contributed by atoms with Gasteiger partial charge in [-0.2, -0.15) is 0 Å². The SMILES string of the molecule is OCCCCNC1CCOCC1. The molecule has 3 heteroatoms. The maximum Gasteiger partial charge on any atom is 0.0480 e. The summed E-state index contributed by atoms with van der Waals surface area (Å²) in [6.45, 7) is 3.15. The van der Waals surface area contributed by atoms with Crippen LogP contribution in [-0.4, -0.2) is 37.5 Å². The van der Waals surface area contributed by atoms with Gasteiger partial charge in [0.25, 0.3) is 0 Å². The van der Waals surface area contributed by atoms with Crippen LogP contribution in [-0.2, 0) is 4.74 Å². The van der Waals surface area contributed by atoms with Gasteiger partial charge in [-0.15, -0.1) is 0 Å². The predicted octanol–water partition coefficient (Wildman–Crippen LogP) is 0.527. The van der Waals surface area contributed by atoms with Crippen molar-refractivity contribution in [2.45, 2.75) is 31.7 Å². The van der Waals surface area contributed by atoms with Gasteiger partial charge < -0.3 is 15.2 Å². The van der Waals surface area contributed by atoms with E-state index in [0.717, 1.165) is 45.4 Å². The van der Waals surface area contributed by atoms with E-state index in [9.17, 15) is 0 Å². The van der Waals surface area contributed by atoms with Gasteiger partial charge in [-0.25, -0.2) is 0 Å². The first-order valence-electron chi connectivity index (χ1n) is 4.85. The molecule has 0 aliphatic carbocycles. The van der Waals surface area contributed by atoms with Gasteiger partial charge in [-0.3, -0.25) is 0 Å². The summed E-state index contributed by atoms with van der Waals surface area (Å²) in [6, 6.07) is 0.650. The molecule has 12 heavy (non-hydrogen) atoms. The molecular formula is C9H19NO2. The Labute approximate surface area is 74.1 Å². The number of hydrogen-bond acceptors (Lipinski definition) is 3. The Morgan fingerprint density at radius 1 is 1.25 bits per heavy atom. The van der Waals surface area contributed by atoms with Crippen LogP contribution in [0.1, 0.15) is 25.7 Å². The monoisotopic (exact) mass is 173 g/mol. The van der Waals surface area contributed by atoms with E-state index in [-0.39, 0.29) is 0 Å². The highest BCUT2D eigenvalue weighted by atomic mass is 16.5. The van der Waals surface area contributed by atoms with Gasteiger partial charge in [0.2, 0.25) is 0 Å². The average Bonchev–Trinajstić information content (AvgIpc) is 2.14. The van der Waals surface area contributed by atoms with Crippen LogP contribution >= 0.6 is 0 Å². The third-order valence-corrected chi connectivity index (χ3v) is 2.24. The fraction of sp³-hybridized carbons (Fsp3) is 1.00. The van der Waals surface area contributed by atoms with Crippen molar-refractivity contribution in [3.05, 3.63) is 0 Å². The fourth-order valence-electron chi connectivity index (χ4n) is 1.44. The van der Waals surface area contributed by atoms with Crippen molar-refractivity contribution < 1.29 is 9.84 Å². The molecule has 0 atom stereocenters. The van der Waals surface area contributed by atoms with E-state index in [0.29, 0.717) is 12.6 Å². The molecule has 0 saturated carbocycles. The number of aliphatic hydroxyl groups is 1. The van der Waals surface area contributed by atoms with E-state index in [1.807, 2.05) is 0 Å². The lowest BCUT2D eigenvalue weighted by Crippen LogP contribution is -2.35.